The Hall–Kier alpha value is -1.96. The van der Waals surface area contributed by atoms with Gasteiger partial charge in [-0.25, -0.2) is 4.99 Å². The van der Waals surface area contributed by atoms with Gasteiger partial charge in [0.2, 0.25) is 5.96 Å². The number of alkyl halides is 3. The van der Waals surface area contributed by atoms with E-state index in [2.05, 4.69) is 16.9 Å². The van der Waals surface area contributed by atoms with Gasteiger partial charge < -0.3 is 16.4 Å². The maximum atomic E-state index is 12.5. The smallest absolute Gasteiger partial charge is 0.369 e. The van der Waals surface area contributed by atoms with Crippen LogP contribution in [0, 0.1) is 5.92 Å². The highest BCUT2D eigenvalue weighted by Gasteiger charge is 2.29. The Morgan fingerprint density at radius 2 is 1.88 bits per heavy atom. The number of guanidine groups is 2. The van der Waals surface area contributed by atoms with Gasteiger partial charge in [0, 0.05) is 13.1 Å². The van der Waals surface area contributed by atoms with Gasteiger partial charge in [-0.15, -0.1) is 12.4 Å². The van der Waals surface area contributed by atoms with Gasteiger partial charge >= 0.3 is 6.18 Å². The summed E-state index contributed by atoms with van der Waals surface area (Å²) in [7, 11) is 0. The van der Waals surface area contributed by atoms with Gasteiger partial charge in [-0.05, 0) is 36.5 Å². The molecule has 140 valence electrons. The molecule has 1 aliphatic rings. The number of likely N-dealkylation sites (tertiary alicyclic amines) is 1. The van der Waals surface area contributed by atoms with Crippen LogP contribution in [-0.2, 0) is 12.7 Å². The summed E-state index contributed by atoms with van der Waals surface area (Å²) in [6, 6.07) is 4.79. The fourth-order valence-corrected chi connectivity index (χ4v) is 2.59. The molecule has 0 spiro atoms. The van der Waals surface area contributed by atoms with Crippen LogP contribution in [0.5, 0.6) is 0 Å². The predicted octanol–water partition coefficient (Wildman–Crippen LogP) is 2.99. The zero-order chi connectivity index (χ0) is 17.7. The van der Waals surface area contributed by atoms with Crippen molar-refractivity contribution in [2.45, 2.75) is 32.5 Å². The summed E-state index contributed by atoms with van der Waals surface area (Å²) in [5.41, 5.74) is 11.6. The largest absolute Gasteiger partial charge is 0.416 e. The standard InChI is InChI=1S/C16H22F3N5.ClH/c1-11-3-2-8-24(10-11)15(21)23-14(20)22-9-12-4-6-13(7-5-12)16(17,18)19;/h4-7,11H,2-3,8-10H2,1H3,(H4,20,21,22,23);1H. The minimum absolute atomic E-state index is 0. The molecule has 1 atom stereocenters. The van der Waals surface area contributed by atoms with Crippen molar-refractivity contribution in [1.29, 1.82) is 0 Å². The molecule has 25 heavy (non-hydrogen) atoms. The van der Waals surface area contributed by atoms with E-state index in [0.717, 1.165) is 31.6 Å². The number of hydrogen-bond donors (Lipinski definition) is 2. The molecule has 0 aliphatic carbocycles. The van der Waals surface area contributed by atoms with E-state index in [0.29, 0.717) is 17.4 Å². The van der Waals surface area contributed by atoms with E-state index in [-0.39, 0.29) is 24.9 Å². The lowest BCUT2D eigenvalue weighted by molar-refractivity contribution is -0.137. The predicted molar refractivity (Wildman–Crippen MR) is 95.6 cm³/mol. The van der Waals surface area contributed by atoms with Crippen LogP contribution in [-0.4, -0.2) is 29.9 Å². The molecule has 4 N–H and O–H groups in total. The third-order valence-electron chi connectivity index (χ3n) is 3.92. The first-order valence-corrected chi connectivity index (χ1v) is 7.81. The number of hydrogen-bond acceptors (Lipinski definition) is 1. The van der Waals surface area contributed by atoms with E-state index < -0.39 is 11.7 Å². The maximum Gasteiger partial charge on any atom is 0.416 e. The van der Waals surface area contributed by atoms with Crippen LogP contribution in [0.3, 0.4) is 0 Å². The first kappa shape index (κ1) is 21.1. The van der Waals surface area contributed by atoms with E-state index in [9.17, 15) is 13.2 Å². The highest BCUT2D eigenvalue weighted by atomic mass is 35.5. The molecule has 1 aromatic rings. The van der Waals surface area contributed by atoms with Crippen LogP contribution >= 0.6 is 12.4 Å². The summed E-state index contributed by atoms with van der Waals surface area (Å²) in [5, 5.41) is 0. The number of halogens is 4. The second-order valence-corrected chi connectivity index (χ2v) is 6.03. The fourth-order valence-electron chi connectivity index (χ4n) is 2.59. The lowest BCUT2D eigenvalue weighted by atomic mass is 10.0. The van der Waals surface area contributed by atoms with Crippen LogP contribution in [0.1, 0.15) is 30.9 Å². The highest BCUT2D eigenvalue weighted by molar-refractivity contribution is 5.93. The normalized spacial score (nSPS) is 19.5. The van der Waals surface area contributed by atoms with E-state index in [1.807, 2.05) is 4.90 Å². The van der Waals surface area contributed by atoms with Crippen molar-refractivity contribution in [2.75, 3.05) is 13.1 Å². The second-order valence-electron chi connectivity index (χ2n) is 6.03. The Morgan fingerprint density at radius 3 is 2.44 bits per heavy atom. The van der Waals surface area contributed by atoms with Crippen LogP contribution in [0.25, 0.3) is 0 Å². The Morgan fingerprint density at radius 1 is 1.24 bits per heavy atom. The summed E-state index contributed by atoms with van der Waals surface area (Å²) >= 11 is 0. The zero-order valence-electron chi connectivity index (χ0n) is 14.0. The second kappa shape index (κ2) is 8.94. The molecular formula is C16H23ClF3N5. The SMILES string of the molecule is CC1CCCN(C(N)=NC(N)=NCc2ccc(C(F)(F)F)cc2)C1.Cl. The molecule has 1 aromatic carbocycles. The van der Waals surface area contributed by atoms with Crippen molar-refractivity contribution in [3.63, 3.8) is 0 Å². The Balaban J connectivity index is 0.00000312. The minimum atomic E-state index is -4.34. The van der Waals surface area contributed by atoms with Gasteiger partial charge in [0.1, 0.15) is 0 Å². The quantitative estimate of drug-likeness (QED) is 0.614. The van der Waals surface area contributed by atoms with Crippen LogP contribution in [0.15, 0.2) is 34.3 Å². The van der Waals surface area contributed by atoms with Crippen LogP contribution in [0.2, 0.25) is 0 Å². The summed E-state index contributed by atoms with van der Waals surface area (Å²) in [6.45, 7) is 3.98. The van der Waals surface area contributed by atoms with Crippen molar-refractivity contribution in [3.8, 4) is 0 Å². The molecule has 0 aromatic heterocycles. The Bertz CT molecular complexity index is 613. The Labute approximate surface area is 151 Å². The average molecular weight is 378 g/mol. The molecule has 0 saturated carbocycles. The number of piperidine rings is 1. The van der Waals surface area contributed by atoms with Gasteiger partial charge in [0.15, 0.2) is 5.96 Å². The van der Waals surface area contributed by atoms with Gasteiger partial charge in [-0.2, -0.15) is 18.2 Å². The van der Waals surface area contributed by atoms with Gasteiger partial charge in [-0.1, -0.05) is 19.1 Å². The van der Waals surface area contributed by atoms with E-state index >= 15 is 0 Å². The lowest BCUT2D eigenvalue weighted by Crippen LogP contribution is -2.44. The Kier molecular flexibility index (Phi) is 7.54. The molecule has 1 aliphatic heterocycles. The number of aliphatic imine (C=N–C) groups is 2. The summed E-state index contributed by atoms with van der Waals surface area (Å²) in [5.74, 6) is 0.902. The molecule has 0 amide bonds. The van der Waals surface area contributed by atoms with Crippen molar-refractivity contribution in [2.24, 2.45) is 27.4 Å². The molecule has 1 heterocycles. The monoisotopic (exact) mass is 377 g/mol. The molecule has 9 heteroatoms. The highest BCUT2D eigenvalue weighted by Crippen LogP contribution is 2.29. The third-order valence-corrected chi connectivity index (χ3v) is 3.92. The maximum absolute atomic E-state index is 12.5. The fraction of sp³-hybridized carbons (Fsp3) is 0.500. The molecule has 0 bridgehead atoms. The summed E-state index contributed by atoms with van der Waals surface area (Å²) in [4.78, 5) is 10.1. The number of nitrogens with zero attached hydrogens (tertiary/aromatic N) is 3. The molecule has 2 rings (SSSR count). The van der Waals surface area contributed by atoms with Crippen molar-refractivity contribution in [3.05, 3.63) is 35.4 Å². The number of nitrogens with two attached hydrogens (primary N) is 2. The van der Waals surface area contributed by atoms with Gasteiger partial charge in [0.05, 0.1) is 12.1 Å². The minimum Gasteiger partial charge on any atom is -0.369 e. The van der Waals surface area contributed by atoms with Gasteiger partial charge in [0.25, 0.3) is 0 Å². The first-order chi connectivity index (χ1) is 11.3. The molecular weight excluding hydrogens is 355 g/mol. The third kappa shape index (κ3) is 6.45. The molecule has 1 fully saturated rings. The lowest BCUT2D eigenvalue weighted by Gasteiger charge is -2.31. The summed E-state index contributed by atoms with van der Waals surface area (Å²) < 4.78 is 37.5. The first-order valence-electron chi connectivity index (χ1n) is 7.81. The summed E-state index contributed by atoms with van der Waals surface area (Å²) in [6.07, 6.45) is -2.12. The molecule has 1 unspecified atom stereocenters. The molecule has 5 nitrogen and oxygen atoms in total. The van der Waals surface area contributed by atoms with Crippen LogP contribution in [0.4, 0.5) is 13.2 Å². The van der Waals surface area contributed by atoms with Gasteiger partial charge in [-0.3, -0.25) is 0 Å². The van der Waals surface area contributed by atoms with Crippen molar-refractivity contribution in [1.82, 2.24) is 4.90 Å². The van der Waals surface area contributed by atoms with Crippen molar-refractivity contribution >= 4 is 24.3 Å². The van der Waals surface area contributed by atoms with Crippen molar-refractivity contribution < 1.29 is 13.2 Å². The number of rotatable bonds is 2. The average Bonchev–Trinajstić information content (AvgIpc) is 2.52. The van der Waals surface area contributed by atoms with E-state index in [4.69, 9.17) is 11.5 Å². The molecule has 1 saturated heterocycles. The van der Waals surface area contributed by atoms with Crippen LogP contribution < -0.4 is 11.5 Å². The number of benzene rings is 1. The molecule has 0 radical (unpaired) electrons. The van der Waals surface area contributed by atoms with E-state index in [1.54, 1.807) is 0 Å². The zero-order valence-corrected chi connectivity index (χ0v) is 14.8. The van der Waals surface area contributed by atoms with E-state index in [1.165, 1.54) is 18.6 Å². The topological polar surface area (TPSA) is 80.0 Å².